The van der Waals surface area contributed by atoms with E-state index < -0.39 is 6.26 Å². The average molecular weight is 342 g/mol. The standard InChI is InChI=1S/C18H15O3PS/c1-14-18(17(19)12-13-20-14)21-22(23,15-8-4-2-5-9-15)16-10-6-3-7-11-16/h2-13H,1H3. The van der Waals surface area contributed by atoms with Crippen LogP contribution >= 0.6 is 6.26 Å². The van der Waals surface area contributed by atoms with Crippen LogP contribution in [0.3, 0.4) is 0 Å². The van der Waals surface area contributed by atoms with Crippen LogP contribution in [0, 0.1) is 6.92 Å². The summed E-state index contributed by atoms with van der Waals surface area (Å²) in [6.07, 6.45) is -1.27. The number of rotatable bonds is 4. The first-order valence-electron chi connectivity index (χ1n) is 7.10. The van der Waals surface area contributed by atoms with Crippen molar-refractivity contribution in [3.05, 3.63) is 89.0 Å². The maximum atomic E-state index is 12.2. The van der Waals surface area contributed by atoms with E-state index in [0.717, 1.165) is 10.6 Å². The predicted molar refractivity (Wildman–Crippen MR) is 96.8 cm³/mol. The van der Waals surface area contributed by atoms with Gasteiger partial charge in [-0.1, -0.05) is 60.7 Å². The van der Waals surface area contributed by atoms with Crippen LogP contribution in [-0.2, 0) is 11.8 Å². The molecule has 3 aromatic rings. The second-order valence-corrected chi connectivity index (χ2v) is 8.85. The first-order chi connectivity index (χ1) is 11.1. The lowest BCUT2D eigenvalue weighted by Gasteiger charge is -2.24. The molecule has 3 rings (SSSR count). The number of hydrogen-bond donors (Lipinski definition) is 0. The molecule has 0 amide bonds. The quantitative estimate of drug-likeness (QED) is 0.682. The molecule has 0 N–H and O–H groups in total. The van der Waals surface area contributed by atoms with Crippen molar-refractivity contribution in [3.8, 4) is 5.75 Å². The highest BCUT2D eigenvalue weighted by Gasteiger charge is 2.27. The second-order valence-electron chi connectivity index (χ2n) is 4.98. The van der Waals surface area contributed by atoms with E-state index in [1.54, 1.807) is 6.92 Å². The molecule has 2 aromatic carbocycles. The molecule has 0 bridgehead atoms. The minimum Gasteiger partial charge on any atom is -0.465 e. The smallest absolute Gasteiger partial charge is 0.227 e. The van der Waals surface area contributed by atoms with Crippen LogP contribution in [0.25, 0.3) is 0 Å². The SMILES string of the molecule is Cc1occc(=O)c1OP(=S)(c1ccccc1)c1ccccc1. The number of hydrogen-bond acceptors (Lipinski definition) is 4. The van der Waals surface area contributed by atoms with Gasteiger partial charge in [0.15, 0.2) is 6.26 Å². The highest BCUT2D eigenvalue weighted by molar-refractivity contribution is 8.19. The maximum Gasteiger partial charge on any atom is 0.227 e. The Labute approximate surface area is 139 Å². The number of benzene rings is 2. The van der Waals surface area contributed by atoms with Gasteiger partial charge < -0.3 is 8.94 Å². The van der Waals surface area contributed by atoms with E-state index in [2.05, 4.69) is 0 Å². The minimum absolute atomic E-state index is 0.184. The van der Waals surface area contributed by atoms with Crippen molar-refractivity contribution in [2.45, 2.75) is 6.92 Å². The van der Waals surface area contributed by atoms with E-state index in [1.165, 1.54) is 12.3 Å². The summed E-state index contributed by atoms with van der Waals surface area (Å²) in [5, 5.41) is 1.78. The van der Waals surface area contributed by atoms with Crippen LogP contribution in [0.4, 0.5) is 0 Å². The van der Waals surface area contributed by atoms with Gasteiger partial charge in [-0.25, -0.2) is 0 Å². The van der Waals surface area contributed by atoms with Crippen molar-refractivity contribution in [2.24, 2.45) is 0 Å². The fourth-order valence-electron chi connectivity index (χ4n) is 2.24. The lowest BCUT2D eigenvalue weighted by molar-refractivity contribution is 0.474. The molecular formula is C18H15O3PS. The Morgan fingerprint density at radius 3 is 1.91 bits per heavy atom. The van der Waals surface area contributed by atoms with Gasteiger partial charge in [0.1, 0.15) is 5.76 Å². The predicted octanol–water partition coefficient (Wildman–Crippen LogP) is 3.37. The van der Waals surface area contributed by atoms with E-state index in [-0.39, 0.29) is 11.2 Å². The third kappa shape index (κ3) is 3.14. The largest absolute Gasteiger partial charge is 0.465 e. The summed E-state index contributed by atoms with van der Waals surface area (Å²) in [4.78, 5) is 12.2. The molecule has 1 heterocycles. The summed E-state index contributed by atoms with van der Waals surface area (Å²) < 4.78 is 11.5. The summed E-state index contributed by atoms with van der Waals surface area (Å²) in [6.45, 7) is 1.70. The summed E-state index contributed by atoms with van der Waals surface area (Å²) in [5.74, 6) is 0.613. The molecule has 0 fully saturated rings. The van der Waals surface area contributed by atoms with Gasteiger partial charge >= 0.3 is 0 Å². The Hall–Kier alpha value is -2.16. The van der Waals surface area contributed by atoms with E-state index in [4.69, 9.17) is 20.7 Å². The molecule has 0 radical (unpaired) electrons. The van der Waals surface area contributed by atoms with Gasteiger partial charge in [-0.15, -0.1) is 0 Å². The van der Waals surface area contributed by atoms with Crippen molar-refractivity contribution in [1.29, 1.82) is 0 Å². The molecule has 0 atom stereocenters. The zero-order valence-corrected chi connectivity index (χ0v) is 14.2. The molecular weight excluding hydrogens is 327 g/mol. The van der Waals surface area contributed by atoms with Gasteiger partial charge in [-0.2, -0.15) is 0 Å². The summed E-state index contributed by atoms with van der Waals surface area (Å²) in [6, 6.07) is 20.6. The maximum absolute atomic E-state index is 12.2. The van der Waals surface area contributed by atoms with Crippen LogP contribution < -0.4 is 20.6 Å². The Morgan fingerprint density at radius 1 is 0.913 bits per heavy atom. The molecule has 1 aromatic heterocycles. The van der Waals surface area contributed by atoms with Gasteiger partial charge in [0.25, 0.3) is 0 Å². The van der Waals surface area contributed by atoms with E-state index >= 15 is 0 Å². The van der Waals surface area contributed by atoms with Gasteiger partial charge in [-0.05, 0) is 18.7 Å². The molecule has 3 nitrogen and oxygen atoms in total. The molecule has 0 unspecified atom stereocenters. The normalized spacial score (nSPS) is 11.2. The third-order valence-corrected chi connectivity index (χ3v) is 7.30. The fraction of sp³-hybridized carbons (Fsp3) is 0.0556. The van der Waals surface area contributed by atoms with Crippen molar-refractivity contribution < 1.29 is 8.94 Å². The minimum atomic E-state index is -2.63. The summed E-state index contributed by atoms with van der Waals surface area (Å²) in [7, 11) is 0. The van der Waals surface area contributed by atoms with Crippen molar-refractivity contribution in [1.82, 2.24) is 0 Å². The van der Waals surface area contributed by atoms with Crippen LogP contribution in [0.15, 0.2) is 82.2 Å². The first-order valence-corrected chi connectivity index (χ1v) is 9.82. The van der Waals surface area contributed by atoms with Gasteiger partial charge in [0.2, 0.25) is 11.2 Å². The Morgan fingerprint density at radius 2 is 1.43 bits per heavy atom. The topological polar surface area (TPSA) is 39.4 Å². The van der Waals surface area contributed by atoms with Gasteiger partial charge in [0, 0.05) is 16.7 Å². The Kier molecular flexibility index (Phi) is 4.46. The molecule has 0 aliphatic heterocycles. The average Bonchev–Trinajstić information content (AvgIpc) is 2.60. The summed E-state index contributed by atoms with van der Waals surface area (Å²) in [5.41, 5.74) is -0.227. The van der Waals surface area contributed by atoms with Crippen LogP contribution in [0.5, 0.6) is 5.75 Å². The molecule has 23 heavy (non-hydrogen) atoms. The highest BCUT2D eigenvalue weighted by atomic mass is 32.4. The zero-order valence-electron chi connectivity index (χ0n) is 12.5. The van der Waals surface area contributed by atoms with Crippen LogP contribution in [-0.4, -0.2) is 0 Å². The third-order valence-electron chi connectivity index (χ3n) is 3.42. The molecule has 0 saturated heterocycles. The van der Waals surface area contributed by atoms with E-state index in [1.807, 2.05) is 60.7 Å². The lowest BCUT2D eigenvalue weighted by Crippen LogP contribution is -2.22. The summed E-state index contributed by atoms with van der Waals surface area (Å²) >= 11 is 5.94. The molecule has 0 aliphatic carbocycles. The van der Waals surface area contributed by atoms with Crippen molar-refractivity contribution in [2.75, 3.05) is 0 Å². The van der Waals surface area contributed by atoms with Crippen molar-refractivity contribution >= 4 is 28.7 Å². The second kappa shape index (κ2) is 6.53. The fourth-order valence-corrected chi connectivity index (χ4v) is 5.31. The van der Waals surface area contributed by atoms with Gasteiger partial charge in [0.05, 0.1) is 6.26 Å². The van der Waals surface area contributed by atoms with Crippen molar-refractivity contribution in [3.63, 3.8) is 0 Å². The van der Waals surface area contributed by atoms with Gasteiger partial charge in [-0.3, -0.25) is 4.79 Å². The van der Waals surface area contributed by atoms with E-state index in [9.17, 15) is 4.79 Å². The molecule has 5 heteroatoms. The first kappa shape index (κ1) is 15.7. The zero-order chi connectivity index (χ0) is 16.3. The van der Waals surface area contributed by atoms with E-state index in [0.29, 0.717) is 5.76 Å². The Balaban J connectivity index is 2.18. The molecule has 116 valence electrons. The lowest BCUT2D eigenvalue weighted by atomic mass is 10.4. The van der Waals surface area contributed by atoms with Crippen LogP contribution in [0.1, 0.15) is 5.76 Å². The van der Waals surface area contributed by atoms with Crippen LogP contribution in [0.2, 0.25) is 0 Å². The number of aryl methyl sites for hydroxylation is 1. The molecule has 0 saturated carbocycles. The Bertz CT molecular complexity index is 861. The molecule has 0 aliphatic rings. The highest BCUT2D eigenvalue weighted by Crippen LogP contribution is 2.45. The molecule has 0 spiro atoms. The monoisotopic (exact) mass is 342 g/mol.